The number of rotatable bonds is 12. The molecule has 5 rings (SSSR count). The van der Waals surface area contributed by atoms with E-state index in [0.717, 1.165) is 55.3 Å². The van der Waals surface area contributed by atoms with Crippen molar-refractivity contribution >= 4 is 33.5 Å². The lowest BCUT2D eigenvalue weighted by Gasteiger charge is -2.26. The molecule has 0 aliphatic carbocycles. The Balaban J connectivity index is 1.42. The Kier molecular flexibility index (Phi) is 10.6. The molecule has 7 nitrogen and oxygen atoms in total. The minimum Gasteiger partial charge on any atom is -0.334 e. The Morgan fingerprint density at radius 3 is 2.29 bits per heavy atom. The molecule has 1 atom stereocenters. The molecule has 236 valence electrons. The first-order valence-corrected chi connectivity index (χ1v) is 17.6. The standard InChI is InChI=1S/C36H41ClN4O3S/c1-4-5-7-26-11-20-31(21-12-26)45(43,44)40-35(42)32-24-38-36(41-23-6-8-34(41)29-16-18-30(37)19-17-29)39-33(32)22-13-27-9-14-28(15-10-27)25(2)3/h9-12,14-21,24-25,34H,4-8,13,22-23H2,1-3H3,(H,40,42). The number of unbranched alkanes of at least 4 members (excludes halogenated alkanes) is 1. The molecular formula is C36H41ClN4O3S. The van der Waals surface area contributed by atoms with Gasteiger partial charge in [-0.1, -0.05) is 87.3 Å². The van der Waals surface area contributed by atoms with E-state index in [4.69, 9.17) is 16.6 Å². The summed E-state index contributed by atoms with van der Waals surface area (Å²) in [6.45, 7) is 7.21. The summed E-state index contributed by atoms with van der Waals surface area (Å²) in [5, 5.41) is 0.681. The second-order valence-electron chi connectivity index (χ2n) is 12.0. The Morgan fingerprint density at radius 1 is 0.956 bits per heavy atom. The molecule has 45 heavy (non-hydrogen) atoms. The van der Waals surface area contributed by atoms with E-state index in [2.05, 4.69) is 59.6 Å². The number of amides is 1. The van der Waals surface area contributed by atoms with Gasteiger partial charge in [0.05, 0.1) is 22.2 Å². The van der Waals surface area contributed by atoms with Gasteiger partial charge in [-0.25, -0.2) is 23.1 Å². The minimum atomic E-state index is -4.09. The highest BCUT2D eigenvalue weighted by molar-refractivity contribution is 7.90. The van der Waals surface area contributed by atoms with Crippen molar-refractivity contribution < 1.29 is 13.2 Å². The first kappa shape index (κ1) is 32.6. The fourth-order valence-corrected chi connectivity index (χ4v) is 6.84. The van der Waals surface area contributed by atoms with Gasteiger partial charge in [-0.2, -0.15) is 0 Å². The summed E-state index contributed by atoms with van der Waals surface area (Å²) in [7, 11) is -4.09. The molecule has 0 bridgehead atoms. The van der Waals surface area contributed by atoms with E-state index in [1.807, 2.05) is 24.3 Å². The number of aromatic nitrogens is 2. The number of hydrogen-bond donors (Lipinski definition) is 1. The van der Waals surface area contributed by atoms with Crippen molar-refractivity contribution in [1.29, 1.82) is 0 Å². The number of anilines is 1. The van der Waals surface area contributed by atoms with E-state index in [1.165, 1.54) is 11.8 Å². The molecule has 9 heteroatoms. The molecule has 1 amide bonds. The first-order valence-electron chi connectivity index (χ1n) is 15.8. The van der Waals surface area contributed by atoms with Crippen molar-refractivity contribution in [2.45, 2.75) is 82.6 Å². The van der Waals surface area contributed by atoms with Crippen LogP contribution in [-0.2, 0) is 29.3 Å². The molecule has 1 saturated heterocycles. The van der Waals surface area contributed by atoms with Gasteiger partial charge in [0.15, 0.2) is 0 Å². The Labute approximate surface area is 272 Å². The fraction of sp³-hybridized carbons (Fsp3) is 0.361. The molecule has 3 aromatic carbocycles. The number of aryl methyl sites for hydroxylation is 3. The second-order valence-corrected chi connectivity index (χ2v) is 14.1. The number of hydrogen-bond acceptors (Lipinski definition) is 6. The maximum absolute atomic E-state index is 13.5. The van der Waals surface area contributed by atoms with Crippen LogP contribution in [0, 0.1) is 0 Å². The number of carbonyl (C=O) groups excluding carboxylic acids is 1. The van der Waals surface area contributed by atoms with E-state index in [-0.39, 0.29) is 16.5 Å². The van der Waals surface area contributed by atoms with Gasteiger partial charge in [0.1, 0.15) is 0 Å². The van der Waals surface area contributed by atoms with Crippen LogP contribution in [-0.4, -0.2) is 30.8 Å². The molecule has 1 fully saturated rings. The SMILES string of the molecule is CCCCc1ccc(S(=O)(=O)NC(=O)c2cnc(N3CCCC3c3ccc(Cl)cc3)nc2CCc2ccc(C(C)C)cc2)cc1. The van der Waals surface area contributed by atoms with Gasteiger partial charge >= 0.3 is 0 Å². The smallest absolute Gasteiger partial charge is 0.268 e. The van der Waals surface area contributed by atoms with Crippen molar-refractivity contribution in [2.75, 3.05) is 11.4 Å². The molecule has 1 unspecified atom stereocenters. The largest absolute Gasteiger partial charge is 0.334 e. The average Bonchev–Trinajstić information content (AvgIpc) is 3.53. The Morgan fingerprint density at radius 2 is 1.62 bits per heavy atom. The molecular weight excluding hydrogens is 604 g/mol. The topological polar surface area (TPSA) is 92.3 Å². The highest BCUT2D eigenvalue weighted by Gasteiger charge is 2.30. The van der Waals surface area contributed by atoms with E-state index in [0.29, 0.717) is 35.4 Å². The predicted octanol–water partition coefficient (Wildman–Crippen LogP) is 7.84. The van der Waals surface area contributed by atoms with Crippen LogP contribution in [0.25, 0.3) is 0 Å². The number of nitrogens with one attached hydrogen (secondary N) is 1. The molecule has 1 aromatic heterocycles. The van der Waals surface area contributed by atoms with Crippen LogP contribution < -0.4 is 9.62 Å². The van der Waals surface area contributed by atoms with Gasteiger partial charge in [-0.15, -0.1) is 0 Å². The maximum atomic E-state index is 13.5. The van der Waals surface area contributed by atoms with Crippen molar-refractivity contribution in [1.82, 2.24) is 14.7 Å². The number of carbonyl (C=O) groups is 1. The van der Waals surface area contributed by atoms with Gasteiger partial charge in [-0.3, -0.25) is 4.79 Å². The van der Waals surface area contributed by atoms with Gasteiger partial charge in [0.25, 0.3) is 15.9 Å². The van der Waals surface area contributed by atoms with Crippen molar-refractivity contribution in [3.63, 3.8) is 0 Å². The van der Waals surface area contributed by atoms with Crippen LogP contribution in [0.15, 0.2) is 83.9 Å². The number of nitrogens with zero attached hydrogens (tertiary/aromatic N) is 3. The summed E-state index contributed by atoms with van der Waals surface area (Å²) in [4.78, 5) is 25.3. The van der Waals surface area contributed by atoms with Gasteiger partial charge in [0.2, 0.25) is 5.95 Å². The minimum absolute atomic E-state index is 0.0447. The zero-order valence-corrected chi connectivity index (χ0v) is 27.7. The lowest BCUT2D eigenvalue weighted by molar-refractivity contribution is 0.0979. The third-order valence-corrected chi connectivity index (χ3v) is 10.0. The van der Waals surface area contributed by atoms with Crippen molar-refractivity contribution in [3.8, 4) is 0 Å². The number of sulfonamides is 1. The number of benzene rings is 3. The first-order chi connectivity index (χ1) is 21.6. The summed E-state index contributed by atoms with van der Waals surface area (Å²) < 4.78 is 28.7. The van der Waals surface area contributed by atoms with Gasteiger partial charge < -0.3 is 4.90 Å². The molecule has 1 N–H and O–H groups in total. The summed E-state index contributed by atoms with van der Waals surface area (Å²) in [6.07, 6.45) is 7.45. The fourth-order valence-electron chi connectivity index (χ4n) is 5.75. The zero-order chi connectivity index (χ0) is 32.0. The average molecular weight is 645 g/mol. The Bertz CT molecular complexity index is 1710. The van der Waals surface area contributed by atoms with E-state index in [1.54, 1.807) is 24.3 Å². The van der Waals surface area contributed by atoms with E-state index >= 15 is 0 Å². The van der Waals surface area contributed by atoms with Crippen LogP contribution in [0.2, 0.25) is 5.02 Å². The quantitative estimate of drug-likeness (QED) is 0.169. The molecule has 2 heterocycles. The van der Waals surface area contributed by atoms with E-state index < -0.39 is 15.9 Å². The molecule has 4 aromatic rings. The summed E-state index contributed by atoms with van der Waals surface area (Å²) in [5.74, 6) is 0.222. The highest BCUT2D eigenvalue weighted by Crippen LogP contribution is 2.35. The zero-order valence-electron chi connectivity index (χ0n) is 26.2. The molecule has 0 radical (unpaired) electrons. The lowest BCUT2D eigenvalue weighted by Crippen LogP contribution is -2.32. The highest BCUT2D eigenvalue weighted by atomic mass is 35.5. The molecule has 0 spiro atoms. The predicted molar refractivity (Wildman–Crippen MR) is 180 cm³/mol. The lowest BCUT2D eigenvalue weighted by atomic mass is 9.99. The van der Waals surface area contributed by atoms with Gasteiger partial charge in [0, 0.05) is 17.8 Å². The molecule has 1 aliphatic rings. The van der Waals surface area contributed by atoms with Crippen LogP contribution >= 0.6 is 11.6 Å². The molecule has 1 aliphatic heterocycles. The van der Waals surface area contributed by atoms with Crippen LogP contribution in [0.3, 0.4) is 0 Å². The third-order valence-electron chi connectivity index (χ3n) is 8.44. The normalized spacial score (nSPS) is 15.0. The summed E-state index contributed by atoms with van der Waals surface area (Å²) in [5.41, 5.74) is 5.23. The summed E-state index contributed by atoms with van der Waals surface area (Å²) >= 11 is 6.14. The summed E-state index contributed by atoms with van der Waals surface area (Å²) in [6, 6.07) is 23.1. The molecule has 0 saturated carbocycles. The van der Waals surface area contributed by atoms with Crippen LogP contribution in [0.4, 0.5) is 5.95 Å². The van der Waals surface area contributed by atoms with Gasteiger partial charge in [-0.05, 0) is 91.0 Å². The van der Waals surface area contributed by atoms with Crippen molar-refractivity contribution in [3.05, 3.63) is 118 Å². The maximum Gasteiger partial charge on any atom is 0.268 e. The number of halogens is 1. The third kappa shape index (κ3) is 8.10. The van der Waals surface area contributed by atoms with Crippen LogP contribution in [0.1, 0.15) is 96.7 Å². The van der Waals surface area contributed by atoms with Crippen molar-refractivity contribution in [2.24, 2.45) is 0 Å². The second kappa shape index (κ2) is 14.6. The Hall–Kier alpha value is -3.75. The van der Waals surface area contributed by atoms with E-state index in [9.17, 15) is 13.2 Å². The van der Waals surface area contributed by atoms with Crippen LogP contribution in [0.5, 0.6) is 0 Å². The monoisotopic (exact) mass is 644 g/mol.